The Morgan fingerprint density at radius 2 is 2.29 bits per heavy atom. The van der Waals surface area contributed by atoms with Gasteiger partial charge in [-0.3, -0.25) is 0 Å². The smallest absolute Gasteiger partial charge is 0.358 e. The van der Waals surface area contributed by atoms with Crippen LogP contribution < -0.4 is 5.32 Å². The van der Waals surface area contributed by atoms with E-state index in [1.807, 2.05) is 31.2 Å². The summed E-state index contributed by atoms with van der Waals surface area (Å²) in [4.78, 5) is 10.6. The molecule has 1 aromatic carbocycles. The minimum absolute atomic E-state index is 0.0777. The highest BCUT2D eigenvalue weighted by atomic mass is 16.5. The minimum Gasteiger partial charge on any atom is -0.476 e. The second kappa shape index (κ2) is 4.69. The van der Waals surface area contributed by atoms with Crippen molar-refractivity contribution in [3.8, 4) is 0 Å². The van der Waals surface area contributed by atoms with Crippen molar-refractivity contribution < 1.29 is 14.4 Å². The maximum Gasteiger partial charge on any atom is 0.358 e. The molecule has 0 bridgehead atoms. The molecule has 0 amide bonds. The molecule has 0 unspecified atom stereocenters. The first-order valence-electron chi connectivity index (χ1n) is 5.14. The normalized spacial score (nSPS) is 10.2. The molecular formula is C12H12N2O3. The van der Waals surface area contributed by atoms with E-state index >= 15 is 0 Å². The second-order valence-corrected chi connectivity index (χ2v) is 3.71. The Morgan fingerprint density at radius 3 is 2.94 bits per heavy atom. The summed E-state index contributed by atoms with van der Waals surface area (Å²) >= 11 is 0. The number of carboxylic acid groups (broad SMARTS) is 1. The van der Waals surface area contributed by atoms with Crippen molar-refractivity contribution in [1.29, 1.82) is 0 Å². The Balaban J connectivity index is 2.00. The van der Waals surface area contributed by atoms with Crippen LogP contribution in [0.2, 0.25) is 0 Å². The lowest BCUT2D eigenvalue weighted by atomic mass is 10.2. The molecule has 2 rings (SSSR count). The Hall–Kier alpha value is -2.30. The molecule has 0 spiro atoms. The van der Waals surface area contributed by atoms with Crippen LogP contribution in [0.1, 0.15) is 21.8 Å². The van der Waals surface area contributed by atoms with Gasteiger partial charge in [0.2, 0.25) is 0 Å². The van der Waals surface area contributed by atoms with Gasteiger partial charge >= 0.3 is 5.97 Å². The van der Waals surface area contributed by atoms with Crippen molar-refractivity contribution in [1.82, 2.24) is 5.16 Å². The van der Waals surface area contributed by atoms with Gasteiger partial charge in [-0.2, -0.15) is 0 Å². The SMILES string of the molecule is Cc1cccc(NCc2cc(C(=O)O)no2)c1. The Morgan fingerprint density at radius 1 is 1.47 bits per heavy atom. The molecule has 0 saturated heterocycles. The zero-order valence-electron chi connectivity index (χ0n) is 9.30. The number of aromatic carboxylic acids is 1. The van der Waals surface area contributed by atoms with E-state index in [2.05, 4.69) is 10.5 Å². The highest BCUT2D eigenvalue weighted by molar-refractivity contribution is 5.85. The third-order valence-electron chi connectivity index (χ3n) is 2.26. The van der Waals surface area contributed by atoms with E-state index in [0.717, 1.165) is 11.3 Å². The van der Waals surface area contributed by atoms with Gasteiger partial charge in [0.05, 0.1) is 6.54 Å². The number of rotatable bonds is 4. The first-order valence-corrected chi connectivity index (χ1v) is 5.14. The van der Waals surface area contributed by atoms with Crippen molar-refractivity contribution >= 4 is 11.7 Å². The lowest BCUT2D eigenvalue weighted by molar-refractivity contribution is 0.0685. The van der Waals surface area contributed by atoms with E-state index in [-0.39, 0.29) is 5.69 Å². The molecule has 0 saturated carbocycles. The molecule has 2 N–H and O–H groups in total. The number of carboxylic acids is 1. The van der Waals surface area contributed by atoms with Crippen molar-refractivity contribution in [2.75, 3.05) is 5.32 Å². The van der Waals surface area contributed by atoms with Crippen molar-refractivity contribution in [2.45, 2.75) is 13.5 Å². The Labute approximate surface area is 98.1 Å². The fourth-order valence-electron chi connectivity index (χ4n) is 1.44. The van der Waals surface area contributed by atoms with Crippen LogP contribution in [-0.4, -0.2) is 16.2 Å². The van der Waals surface area contributed by atoms with E-state index in [1.165, 1.54) is 6.07 Å². The molecule has 0 aliphatic heterocycles. The van der Waals surface area contributed by atoms with Gasteiger partial charge in [0, 0.05) is 11.8 Å². The summed E-state index contributed by atoms with van der Waals surface area (Å²) < 4.78 is 4.88. The van der Waals surface area contributed by atoms with E-state index in [0.29, 0.717) is 12.3 Å². The number of anilines is 1. The fraction of sp³-hybridized carbons (Fsp3) is 0.167. The molecule has 17 heavy (non-hydrogen) atoms. The minimum atomic E-state index is -1.09. The zero-order chi connectivity index (χ0) is 12.3. The highest BCUT2D eigenvalue weighted by Gasteiger charge is 2.10. The molecule has 5 nitrogen and oxygen atoms in total. The second-order valence-electron chi connectivity index (χ2n) is 3.71. The maximum atomic E-state index is 10.6. The molecule has 0 aliphatic carbocycles. The fourth-order valence-corrected chi connectivity index (χ4v) is 1.44. The molecular weight excluding hydrogens is 220 g/mol. The third kappa shape index (κ3) is 2.84. The average molecular weight is 232 g/mol. The van der Waals surface area contributed by atoms with Crippen LogP contribution in [0, 0.1) is 6.92 Å². The predicted molar refractivity (Wildman–Crippen MR) is 62.0 cm³/mol. The Kier molecular flexibility index (Phi) is 3.09. The van der Waals surface area contributed by atoms with E-state index < -0.39 is 5.97 Å². The summed E-state index contributed by atoms with van der Waals surface area (Å²) in [7, 11) is 0. The van der Waals surface area contributed by atoms with Gasteiger partial charge in [-0.05, 0) is 24.6 Å². The summed E-state index contributed by atoms with van der Waals surface area (Å²) in [6, 6.07) is 9.28. The molecule has 1 heterocycles. The monoisotopic (exact) mass is 232 g/mol. The molecule has 0 fully saturated rings. The molecule has 88 valence electrons. The predicted octanol–water partition coefficient (Wildman–Crippen LogP) is 2.29. The average Bonchev–Trinajstić information content (AvgIpc) is 2.75. The maximum absolute atomic E-state index is 10.6. The van der Waals surface area contributed by atoms with Gasteiger partial charge in [0.25, 0.3) is 0 Å². The van der Waals surface area contributed by atoms with Gasteiger partial charge in [-0.25, -0.2) is 4.79 Å². The number of aromatic nitrogens is 1. The molecule has 2 aromatic rings. The topological polar surface area (TPSA) is 75.4 Å². The van der Waals surface area contributed by atoms with Gasteiger partial charge in [-0.15, -0.1) is 0 Å². The van der Waals surface area contributed by atoms with Crippen LogP contribution in [0.3, 0.4) is 0 Å². The third-order valence-corrected chi connectivity index (χ3v) is 2.26. The molecule has 0 aliphatic rings. The number of nitrogens with one attached hydrogen (secondary N) is 1. The van der Waals surface area contributed by atoms with Crippen LogP contribution in [0.15, 0.2) is 34.9 Å². The summed E-state index contributed by atoms with van der Waals surface area (Å²) in [5.74, 6) is -0.598. The first-order chi connectivity index (χ1) is 8.15. The molecule has 1 aromatic heterocycles. The number of benzene rings is 1. The van der Waals surface area contributed by atoms with Gasteiger partial charge in [0.1, 0.15) is 0 Å². The van der Waals surface area contributed by atoms with Crippen LogP contribution in [-0.2, 0) is 6.54 Å². The summed E-state index contributed by atoms with van der Waals surface area (Å²) in [6.45, 7) is 2.41. The molecule has 0 atom stereocenters. The quantitative estimate of drug-likeness (QED) is 0.845. The first kappa shape index (κ1) is 11.2. The number of aryl methyl sites for hydroxylation is 1. The lowest BCUT2D eigenvalue weighted by Gasteiger charge is -2.03. The number of hydrogen-bond acceptors (Lipinski definition) is 4. The van der Waals surface area contributed by atoms with Crippen LogP contribution >= 0.6 is 0 Å². The van der Waals surface area contributed by atoms with E-state index in [9.17, 15) is 4.79 Å². The van der Waals surface area contributed by atoms with Crippen molar-refractivity contribution in [3.63, 3.8) is 0 Å². The lowest BCUT2D eigenvalue weighted by Crippen LogP contribution is -1.98. The van der Waals surface area contributed by atoms with Gasteiger partial charge in [-0.1, -0.05) is 17.3 Å². The largest absolute Gasteiger partial charge is 0.476 e. The summed E-state index contributed by atoms with van der Waals surface area (Å²) in [6.07, 6.45) is 0. The highest BCUT2D eigenvalue weighted by Crippen LogP contribution is 2.12. The number of carbonyl (C=O) groups is 1. The van der Waals surface area contributed by atoms with Crippen LogP contribution in [0.4, 0.5) is 5.69 Å². The number of hydrogen-bond donors (Lipinski definition) is 2. The van der Waals surface area contributed by atoms with Crippen LogP contribution in [0.25, 0.3) is 0 Å². The zero-order valence-corrected chi connectivity index (χ0v) is 9.30. The molecule has 5 heteroatoms. The van der Waals surface area contributed by atoms with E-state index in [4.69, 9.17) is 9.63 Å². The van der Waals surface area contributed by atoms with Gasteiger partial charge < -0.3 is 14.9 Å². The van der Waals surface area contributed by atoms with Crippen molar-refractivity contribution in [3.05, 3.63) is 47.3 Å². The summed E-state index contributed by atoms with van der Waals surface area (Å²) in [5.41, 5.74) is 2.03. The molecule has 0 radical (unpaired) electrons. The number of nitrogens with zero attached hydrogens (tertiary/aromatic N) is 1. The van der Waals surface area contributed by atoms with Gasteiger partial charge in [0.15, 0.2) is 11.5 Å². The Bertz CT molecular complexity index is 534. The summed E-state index contributed by atoms with van der Waals surface area (Å²) in [5, 5.41) is 15.2. The van der Waals surface area contributed by atoms with Crippen molar-refractivity contribution in [2.24, 2.45) is 0 Å². The van der Waals surface area contributed by atoms with Crippen LogP contribution in [0.5, 0.6) is 0 Å². The van der Waals surface area contributed by atoms with E-state index in [1.54, 1.807) is 0 Å². The standard InChI is InChI=1S/C12H12N2O3/c1-8-3-2-4-9(5-8)13-7-10-6-11(12(15)16)14-17-10/h2-6,13H,7H2,1H3,(H,15,16).